The zero-order valence-corrected chi connectivity index (χ0v) is 30.7. The smallest absolute Gasteiger partial charge is 0.199 e. The molecule has 1 aromatic rings. The summed E-state index contributed by atoms with van der Waals surface area (Å²) in [6, 6.07) is 4.03. The minimum Gasteiger partial charge on any atom is -0.394 e. The highest BCUT2D eigenvalue weighted by Gasteiger charge is 2.74. The fourth-order valence-electron chi connectivity index (χ4n) is 13.7. The number of Topliss-reactive ketones (excluding diaryl/α,β-unsaturated/α-hetero) is 1. The Kier molecular flexibility index (Phi) is 7.79. The average Bonchev–Trinajstić information content (AvgIpc) is 3.60. The van der Waals surface area contributed by atoms with E-state index >= 15 is 0 Å². The van der Waals surface area contributed by atoms with Gasteiger partial charge >= 0.3 is 0 Å². The van der Waals surface area contributed by atoms with Gasteiger partial charge in [-0.25, -0.2) is 0 Å². The van der Waals surface area contributed by atoms with Crippen LogP contribution in [0.5, 0.6) is 0 Å². The molecular weight excluding hydrogens is 619 g/mol. The Morgan fingerprint density at radius 1 is 1.00 bits per heavy atom. The minimum atomic E-state index is -0.976. The quantitative estimate of drug-likeness (QED) is 0.175. The third kappa shape index (κ3) is 4.43. The van der Waals surface area contributed by atoms with Gasteiger partial charge in [-0.15, -0.1) is 11.3 Å². The van der Waals surface area contributed by atoms with E-state index in [0.29, 0.717) is 43.2 Å². The SMILES string of the molecule is Cc1ccc(C(=O)C2=C[C@@]34C=C[C@@]25[C@@H]2CC[C@@](O)(CN(C[C@H](O)CO)C[C@@H]6CC[C@H]7C[C@@H]6C7(C)C)[C@@]2(C)CC[C@@H]5[C@@]3(C)CCC(O)C4)s1. The number of carbonyl (C=O) groups is 1. The molecule has 48 heavy (non-hydrogen) atoms. The van der Waals surface area contributed by atoms with Crippen LogP contribution in [0.4, 0.5) is 0 Å². The molecule has 9 aliphatic rings. The van der Waals surface area contributed by atoms with Crippen molar-refractivity contribution in [2.75, 3.05) is 26.2 Å². The molecular formula is C41H59NO5S. The number of hydrogen-bond acceptors (Lipinski definition) is 7. The lowest BCUT2D eigenvalue weighted by Crippen LogP contribution is -2.67. The maximum Gasteiger partial charge on any atom is 0.199 e. The van der Waals surface area contributed by atoms with Crippen molar-refractivity contribution in [1.82, 2.24) is 4.90 Å². The largest absolute Gasteiger partial charge is 0.394 e. The third-order valence-electron chi connectivity index (χ3n) is 16.6. The molecule has 6 saturated carbocycles. The molecule has 4 bridgehead atoms. The van der Waals surface area contributed by atoms with E-state index in [2.05, 4.69) is 57.7 Å². The van der Waals surface area contributed by atoms with Crippen molar-refractivity contribution in [3.63, 3.8) is 0 Å². The predicted octanol–water partition coefficient (Wildman–Crippen LogP) is 6.56. The molecule has 1 unspecified atom stereocenters. The Balaban J connectivity index is 1.16. The van der Waals surface area contributed by atoms with Gasteiger partial charge < -0.3 is 20.4 Å². The van der Waals surface area contributed by atoms with Crippen LogP contribution in [0.2, 0.25) is 0 Å². The van der Waals surface area contributed by atoms with Crippen LogP contribution in [0.3, 0.4) is 0 Å². The predicted molar refractivity (Wildman–Crippen MR) is 190 cm³/mol. The number of nitrogens with zero attached hydrogens (tertiary/aromatic N) is 1. The minimum absolute atomic E-state index is 0.0517. The van der Waals surface area contributed by atoms with Crippen molar-refractivity contribution in [2.24, 2.45) is 56.7 Å². The zero-order valence-electron chi connectivity index (χ0n) is 29.9. The highest BCUT2D eigenvalue weighted by atomic mass is 32.1. The van der Waals surface area contributed by atoms with E-state index in [4.69, 9.17) is 0 Å². The van der Waals surface area contributed by atoms with Crippen LogP contribution in [-0.2, 0) is 0 Å². The van der Waals surface area contributed by atoms with E-state index in [1.54, 1.807) is 11.3 Å². The number of allylic oxidation sites excluding steroid dienone is 4. The molecule has 264 valence electrons. The number of aliphatic hydroxyl groups is 4. The van der Waals surface area contributed by atoms with Crippen molar-refractivity contribution in [3.05, 3.63) is 45.7 Å². The number of ketones is 1. The highest BCUT2D eigenvalue weighted by molar-refractivity contribution is 7.14. The lowest BCUT2D eigenvalue weighted by molar-refractivity contribution is -0.179. The maximum absolute atomic E-state index is 14.7. The Morgan fingerprint density at radius 2 is 1.73 bits per heavy atom. The number of aliphatic hydroxyl groups excluding tert-OH is 3. The second kappa shape index (κ2) is 11.1. The molecule has 7 heteroatoms. The van der Waals surface area contributed by atoms with Gasteiger partial charge in [0.15, 0.2) is 5.78 Å². The molecule has 12 atom stereocenters. The van der Waals surface area contributed by atoms with Crippen molar-refractivity contribution >= 4 is 17.1 Å². The summed E-state index contributed by atoms with van der Waals surface area (Å²) in [6.07, 6.45) is 15.4. The molecule has 6 nitrogen and oxygen atoms in total. The van der Waals surface area contributed by atoms with E-state index < -0.39 is 22.5 Å². The standard InChI is InChI=1S/C41H59NO5S/c1-25-6-9-32(48-25)35(46)31-20-39-16-17-41(31)33(37(39,4)13-10-28(44)19-39)11-14-38(5)34(41)12-15-40(38,47)24-42(22-29(45)23-43)21-26-7-8-27-18-30(26)36(27,2)3/h6,9,16-17,20,26-30,33-34,43-45,47H,7-8,10-15,18-19,21-24H2,1-5H3/t26-,27-,28?,29-,30-,33+,34+,37+,38-,39-,40+,41+/m0/s1. The Morgan fingerprint density at radius 3 is 2.42 bits per heavy atom. The second-order valence-electron chi connectivity index (χ2n) is 18.8. The lowest BCUT2D eigenvalue weighted by Gasteiger charge is -2.71. The van der Waals surface area contributed by atoms with Crippen molar-refractivity contribution in [2.45, 2.75) is 117 Å². The molecule has 6 fully saturated rings. The normalized spacial score (nSPS) is 47.2. The average molecular weight is 678 g/mol. The number of carbonyl (C=O) groups excluding carboxylic acids is 1. The molecule has 0 aromatic carbocycles. The van der Waals surface area contributed by atoms with Gasteiger partial charge in [0.1, 0.15) is 0 Å². The zero-order chi connectivity index (χ0) is 34.1. The fourth-order valence-corrected chi connectivity index (χ4v) is 14.6. The first kappa shape index (κ1) is 33.8. The van der Waals surface area contributed by atoms with Gasteiger partial charge in [-0.1, -0.05) is 45.9 Å². The van der Waals surface area contributed by atoms with Crippen LogP contribution in [0.15, 0.2) is 35.9 Å². The molecule has 9 aliphatic carbocycles. The summed E-state index contributed by atoms with van der Waals surface area (Å²) in [6.45, 7) is 13.1. The van der Waals surface area contributed by atoms with Crippen LogP contribution in [0.25, 0.3) is 0 Å². The summed E-state index contributed by atoms with van der Waals surface area (Å²) in [4.78, 5) is 19.0. The Bertz CT molecular complexity index is 1530. The van der Waals surface area contributed by atoms with E-state index in [1.807, 2.05) is 12.1 Å². The van der Waals surface area contributed by atoms with E-state index in [1.165, 1.54) is 19.3 Å². The number of fused-ring (bicyclic) bond motifs is 3. The molecule has 4 N–H and O–H groups in total. The molecule has 1 aromatic heterocycles. The van der Waals surface area contributed by atoms with Gasteiger partial charge in [0, 0.05) is 46.3 Å². The molecule has 2 spiro atoms. The fraction of sp³-hybridized carbons (Fsp3) is 0.780. The second-order valence-corrected chi connectivity index (χ2v) is 20.1. The summed E-state index contributed by atoms with van der Waals surface area (Å²) in [5, 5.41) is 44.7. The van der Waals surface area contributed by atoms with Gasteiger partial charge in [-0.3, -0.25) is 9.69 Å². The van der Waals surface area contributed by atoms with E-state index in [-0.39, 0.29) is 41.2 Å². The molecule has 0 amide bonds. The van der Waals surface area contributed by atoms with Crippen LogP contribution >= 0.6 is 11.3 Å². The molecule has 1 heterocycles. The molecule has 10 rings (SSSR count). The number of rotatable bonds is 9. The Labute approximate surface area is 291 Å². The third-order valence-corrected chi connectivity index (χ3v) is 17.6. The van der Waals surface area contributed by atoms with Gasteiger partial charge in [0.25, 0.3) is 0 Å². The number of thiophene rings is 1. The van der Waals surface area contributed by atoms with Crippen molar-refractivity contribution < 1.29 is 25.2 Å². The van der Waals surface area contributed by atoms with Crippen LogP contribution in [-0.4, -0.2) is 75.2 Å². The van der Waals surface area contributed by atoms with Crippen LogP contribution < -0.4 is 0 Å². The summed E-state index contributed by atoms with van der Waals surface area (Å²) < 4.78 is 0. The van der Waals surface area contributed by atoms with Gasteiger partial charge in [0.2, 0.25) is 0 Å². The first-order valence-electron chi connectivity index (χ1n) is 19.1. The van der Waals surface area contributed by atoms with Gasteiger partial charge in [0.05, 0.1) is 29.3 Å². The molecule has 0 aliphatic heterocycles. The van der Waals surface area contributed by atoms with Crippen molar-refractivity contribution in [3.8, 4) is 0 Å². The summed E-state index contributed by atoms with van der Waals surface area (Å²) in [5.74, 6) is 2.54. The van der Waals surface area contributed by atoms with E-state index in [0.717, 1.165) is 59.9 Å². The molecule has 0 radical (unpaired) electrons. The van der Waals surface area contributed by atoms with Gasteiger partial charge in [-0.2, -0.15) is 0 Å². The summed E-state index contributed by atoms with van der Waals surface area (Å²) in [5.41, 5.74) is -0.970. The topological polar surface area (TPSA) is 101 Å². The van der Waals surface area contributed by atoms with E-state index in [9.17, 15) is 25.2 Å². The van der Waals surface area contributed by atoms with Gasteiger partial charge in [-0.05, 0) is 124 Å². The summed E-state index contributed by atoms with van der Waals surface area (Å²) >= 11 is 1.58. The van der Waals surface area contributed by atoms with Crippen LogP contribution in [0, 0.1) is 63.6 Å². The molecule has 0 saturated heterocycles. The maximum atomic E-state index is 14.7. The first-order valence-corrected chi connectivity index (χ1v) is 19.9. The highest BCUT2D eigenvalue weighted by Crippen LogP contribution is 2.78. The monoisotopic (exact) mass is 677 g/mol. The van der Waals surface area contributed by atoms with Crippen LogP contribution in [0.1, 0.15) is 106 Å². The first-order chi connectivity index (χ1) is 22.6. The number of hydrogen-bond donors (Lipinski definition) is 4. The van der Waals surface area contributed by atoms with Crippen molar-refractivity contribution in [1.29, 1.82) is 0 Å². The Hall–Kier alpha value is -1.35. The summed E-state index contributed by atoms with van der Waals surface area (Å²) in [7, 11) is 0. The lowest BCUT2D eigenvalue weighted by atomic mass is 9.32. The number of aryl methyl sites for hydroxylation is 1.